The molecule has 6 heteroatoms. The van der Waals surface area contributed by atoms with Gasteiger partial charge in [-0.2, -0.15) is 0 Å². The van der Waals surface area contributed by atoms with Crippen LogP contribution in [0.2, 0.25) is 10.0 Å². The van der Waals surface area contributed by atoms with Gasteiger partial charge in [0.05, 0.1) is 15.7 Å². The first-order valence-electron chi connectivity index (χ1n) is 6.28. The van der Waals surface area contributed by atoms with Crippen molar-refractivity contribution >= 4 is 40.5 Å². The maximum absolute atomic E-state index is 6.20. The highest BCUT2D eigenvalue weighted by Gasteiger charge is 2.15. The molecule has 0 radical (unpaired) electrons. The van der Waals surface area contributed by atoms with Crippen LogP contribution in [-0.4, -0.2) is 17.0 Å². The number of aromatic nitrogens is 2. The van der Waals surface area contributed by atoms with Crippen LogP contribution in [-0.2, 0) is 0 Å². The van der Waals surface area contributed by atoms with E-state index in [1.807, 2.05) is 19.2 Å². The van der Waals surface area contributed by atoms with Gasteiger partial charge in [0.2, 0.25) is 0 Å². The van der Waals surface area contributed by atoms with Gasteiger partial charge in [0.25, 0.3) is 0 Å². The van der Waals surface area contributed by atoms with Crippen LogP contribution in [0.3, 0.4) is 0 Å². The average molecular weight is 311 g/mol. The van der Waals surface area contributed by atoms with Crippen molar-refractivity contribution in [1.29, 1.82) is 0 Å². The van der Waals surface area contributed by atoms with Gasteiger partial charge in [0, 0.05) is 12.6 Å². The van der Waals surface area contributed by atoms with Crippen LogP contribution in [0.1, 0.15) is 25.3 Å². The van der Waals surface area contributed by atoms with Crippen molar-refractivity contribution in [2.24, 2.45) is 0 Å². The van der Waals surface area contributed by atoms with Crippen LogP contribution in [0.15, 0.2) is 24.5 Å². The van der Waals surface area contributed by atoms with Gasteiger partial charge in [-0.1, -0.05) is 43.1 Å². The number of rotatable bonds is 4. The highest BCUT2D eigenvalue weighted by molar-refractivity contribution is 6.43. The Bertz CT molecular complexity index is 614. The number of hydrogen-bond acceptors (Lipinski definition) is 4. The maximum Gasteiger partial charge on any atom is 0.139 e. The fraction of sp³-hybridized carbons (Fsp3) is 0.286. The minimum Gasteiger partial charge on any atom is -0.373 e. The Labute approximate surface area is 128 Å². The molecule has 0 aliphatic carbocycles. The Hall–Kier alpha value is -1.52. The molecule has 2 rings (SSSR count). The topological polar surface area (TPSA) is 49.8 Å². The molecular formula is C14H16Cl2N4. The first-order valence-corrected chi connectivity index (χ1v) is 7.03. The van der Waals surface area contributed by atoms with E-state index in [9.17, 15) is 0 Å². The first-order chi connectivity index (χ1) is 9.54. The van der Waals surface area contributed by atoms with Gasteiger partial charge in [-0.05, 0) is 18.1 Å². The number of nitrogens with zero attached hydrogens (tertiary/aromatic N) is 2. The average Bonchev–Trinajstić information content (AvgIpc) is 2.43. The summed E-state index contributed by atoms with van der Waals surface area (Å²) in [6.45, 7) is 4.18. The van der Waals surface area contributed by atoms with Crippen molar-refractivity contribution in [2.45, 2.75) is 19.8 Å². The molecule has 0 saturated heterocycles. The lowest BCUT2D eigenvalue weighted by atomic mass is 10.0. The SMILES string of the molecule is CNc1ncnc(Nc2cccc(Cl)c2Cl)c1C(C)C. The smallest absolute Gasteiger partial charge is 0.139 e. The van der Waals surface area contributed by atoms with Crippen LogP contribution in [0.25, 0.3) is 0 Å². The van der Waals surface area contributed by atoms with Crippen molar-refractivity contribution in [2.75, 3.05) is 17.7 Å². The zero-order valence-electron chi connectivity index (χ0n) is 11.5. The lowest BCUT2D eigenvalue weighted by molar-refractivity contribution is 0.852. The van der Waals surface area contributed by atoms with E-state index < -0.39 is 0 Å². The zero-order valence-corrected chi connectivity index (χ0v) is 13.0. The van der Waals surface area contributed by atoms with Gasteiger partial charge in [-0.25, -0.2) is 9.97 Å². The van der Waals surface area contributed by atoms with Gasteiger partial charge >= 0.3 is 0 Å². The van der Waals surface area contributed by atoms with Gasteiger partial charge < -0.3 is 10.6 Å². The van der Waals surface area contributed by atoms with Gasteiger partial charge in [-0.15, -0.1) is 0 Å². The van der Waals surface area contributed by atoms with E-state index in [1.165, 1.54) is 6.33 Å². The predicted molar refractivity (Wildman–Crippen MR) is 85.4 cm³/mol. The molecule has 4 nitrogen and oxygen atoms in total. The summed E-state index contributed by atoms with van der Waals surface area (Å²) in [7, 11) is 1.84. The standard InChI is InChI=1S/C14H16Cl2N4/c1-8(2)11-13(17-3)18-7-19-14(11)20-10-6-4-5-9(15)12(10)16/h4-8H,1-3H3,(H2,17,18,19,20). The van der Waals surface area contributed by atoms with E-state index in [-0.39, 0.29) is 5.92 Å². The van der Waals surface area contributed by atoms with E-state index in [1.54, 1.807) is 6.07 Å². The fourth-order valence-electron chi connectivity index (χ4n) is 1.97. The fourth-order valence-corrected chi connectivity index (χ4v) is 2.32. The van der Waals surface area contributed by atoms with Crippen LogP contribution in [0.5, 0.6) is 0 Å². The Morgan fingerprint density at radius 1 is 1.10 bits per heavy atom. The van der Waals surface area contributed by atoms with E-state index in [4.69, 9.17) is 23.2 Å². The number of benzene rings is 1. The molecule has 106 valence electrons. The second-order valence-corrected chi connectivity index (χ2v) is 5.40. The molecule has 1 heterocycles. The van der Waals surface area contributed by atoms with Crippen LogP contribution in [0.4, 0.5) is 17.3 Å². The molecule has 2 N–H and O–H groups in total. The summed E-state index contributed by atoms with van der Waals surface area (Å²) in [6.07, 6.45) is 1.51. The summed E-state index contributed by atoms with van der Waals surface area (Å²) in [6, 6.07) is 5.45. The maximum atomic E-state index is 6.20. The van der Waals surface area contributed by atoms with E-state index in [0.29, 0.717) is 10.0 Å². The summed E-state index contributed by atoms with van der Waals surface area (Å²) in [4.78, 5) is 8.55. The normalized spacial score (nSPS) is 10.7. The lowest BCUT2D eigenvalue weighted by Crippen LogP contribution is -2.07. The molecule has 1 aromatic heterocycles. The van der Waals surface area contributed by atoms with Crippen LogP contribution >= 0.6 is 23.2 Å². The van der Waals surface area contributed by atoms with E-state index >= 15 is 0 Å². The third kappa shape index (κ3) is 2.97. The Morgan fingerprint density at radius 3 is 2.45 bits per heavy atom. The Morgan fingerprint density at radius 2 is 1.80 bits per heavy atom. The molecule has 0 atom stereocenters. The molecule has 0 bridgehead atoms. The number of hydrogen-bond donors (Lipinski definition) is 2. The largest absolute Gasteiger partial charge is 0.373 e. The molecule has 0 fully saturated rings. The van der Waals surface area contributed by atoms with Crippen LogP contribution < -0.4 is 10.6 Å². The van der Waals surface area contributed by atoms with Crippen molar-refractivity contribution < 1.29 is 0 Å². The summed E-state index contributed by atoms with van der Waals surface area (Å²) < 4.78 is 0. The molecule has 0 spiro atoms. The molecule has 0 unspecified atom stereocenters. The minimum absolute atomic E-state index is 0.263. The quantitative estimate of drug-likeness (QED) is 0.860. The summed E-state index contributed by atoms with van der Waals surface area (Å²) in [5, 5.41) is 7.29. The summed E-state index contributed by atoms with van der Waals surface area (Å²) in [5.41, 5.74) is 1.73. The van der Waals surface area contributed by atoms with Crippen molar-refractivity contribution in [3.05, 3.63) is 40.1 Å². The summed E-state index contributed by atoms with van der Waals surface area (Å²) >= 11 is 12.2. The van der Waals surface area contributed by atoms with Gasteiger partial charge in [-0.3, -0.25) is 0 Å². The highest BCUT2D eigenvalue weighted by Crippen LogP contribution is 2.34. The van der Waals surface area contributed by atoms with E-state index in [2.05, 4.69) is 34.4 Å². The first kappa shape index (κ1) is 14.9. The van der Waals surface area contributed by atoms with Crippen molar-refractivity contribution in [1.82, 2.24) is 9.97 Å². The third-order valence-corrected chi connectivity index (χ3v) is 3.72. The predicted octanol–water partition coefficient (Wildman–Crippen LogP) is 4.69. The lowest BCUT2D eigenvalue weighted by Gasteiger charge is -2.17. The molecular weight excluding hydrogens is 295 g/mol. The Balaban J connectivity index is 2.46. The van der Waals surface area contributed by atoms with Crippen molar-refractivity contribution in [3.63, 3.8) is 0 Å². The molecule has 0 amide bonds. The van der Waals surface area contributed by atoms with Crippen molar-refractivity contribution in [3.8, 4) is 0 Å². The Kier molecular flexibility index (Phi) is 4.68. The van der Waals surface area contributed by atoms with Gasteiger partial charge in [0.1, 0.15) is 18.0 Å². The number of anilines is 3. The minimum atomic E-state index is 0.263. The summed E-state index contributed by atoms with van der Waals surface area (Å²) in [5.74, 6) is 1.79. The molecule has 2 aromatic rings. The number of nitrogens with one attached hydrogen (secondary N) is 2. The molecule has 0 saturated carbocycles. The molecule has 0 aliphatic heterocycles. The zero-order chi connectivity index (χ0) is 14.7. The van der Waals surface area contributed by atoms with Crippen LogP contribution in [0, 0.1) is 0 Å². The number of halogens is 2. The molecule has 20 heavy (non-hydrogen) atoms. The molecule has 0 aliphatic rings. The molecule has 1 aromatic carbocycles. The second kappa shape index (κ2) is 6.29. The van der Waals surface area contributed by atoms with Gasteiger partial charge in [0.15, 0.2) is 0 Å². The van der Waals surface area contributed by atoms with E-state index in [0.717, 1.165) is 22.9 Å². The monoisotopic (exact) mass is 310 g/mol. The third-order valence-electron chi connectivity index (χ3n) is 2.90. The second-order valence-electron chi connectivity index (χ2n) is 4.62. The highest BCUT2D eigenvalue weighted by atomic mass is 35.5.